The van der Waals surface area contributed by atoms with Crippen LogP contribution in [-0.2, 0) is 4.79 Å². The highest BCUT2D eigenvalue weighted by Gasteiger charge is 2.28. The summed E-state index contributed by atoms with van der Waals surface area (Å²) in [5, 5.41) is 1.94. The van der Waals surface area contributed by atoms with E-state index in [1.807, 2.05) is 48.5 Å². The van der Waals surface area contributed by atoms with Gasteiger partial charge in [-0.3, -0.25) is 9.69 Å². The van der Waals surface area contributed by atoms with Crippen LogP contribution in [0.1, 0.15) is 0 Å². The van der Waals surface area contributed by atoms with Gasteiger partial charge in [0.2, 0.25) is 5.91 Å². The van der Waals surface area contributed by atoms with Crippen LogP contribution in [0.4, 0.5) is 11.4 Å². The first-order valence-corrected chi connectivity index (χ1v) is 10.3. The first-order chi connectivity index (χ1) is 12.6. The van der Waals surface area contributed by atoms with Crippen LogP contribution in [-0.4, -0.2) is 16.6 Å². The maximum Gasteiger partial charge on any atom is 0.242 e. The normalized spacial score (nSPS) is 12.5. The molecule has 0 fully saturated rings. The summed E-state index contributed by atoms with van der Waals surface area (Å²) in [6.07, 6.45) is 1.58. The minimum Gasteiger partial charge on any atom is -0.278 e. The highest BCUT2D eigenvalue weighted by Crippen LogP contribution is 2.48. The van der Waals surface area contributed by atoms with Gasteiger partial charge in [0.05, 0.1) is 27.2 Å². The van der Waals surface area contributed by atoms with Crippen LogP contribution < -0.4 is 4.90 Å². The highest BCUT2D eigenvalue weighted by molar-refractivity contribution is 8.00. The standard InChI is InChI=1S/C19H12Cl2N2OS2/c20-12-5-7-17-15(9-12)23(14-3-1-2-4-16(14)26-17)19(24)11-25-18-8-6-13(21)10-22-18/h1-10H,11H2. The maximum absolute atomic E-state index is 13.1. The van der Waals surface area contributed by atoms with E-state index in [1.54, 1.807) is 28.9 Å². The van der Waals surface area contributed by atoms with Gasteiger partial charge in [-0.05, 0) is 42.5 Å². The summed E-state index contributed by atoms with van der Waals surface area (Å²) in [5.74, 6) is 0.238. The van der Waals surface area contributed by atoms with Crippen molar-refractivity contribution < 1.29 is 4.79 Å². The summed E-state index contributed by atoms with van der Waals surface area (Å²) < 4.78 is 0. The zero-order valence-electron chi connectivity index (χ0n) is 13.4. The SMILES string of the molecule is O=C(CSc1ccc(Cl)cn1)N1c2ccccc2Sc2ccc(Cl)cc21. The number of thioether (sulfide) groups is 1. The summed E-state index contributed by atoms with van der Waals surface area (Å²) in [7, 11) is 0. The van der Waals surface area contributed by atoms with Gasteiger partial charge in [-0.25, -0.2) is 4.98 Å². The molecule has 1 aliphatic rings. The fraction of sp³-hybridized carbons (Fsp3) is 0.0526. The number of benzene rings is 2. The fourth-order valence-corrected chi connectivity index (χ4v) is 4.65. The molecule has 0 radical (unpaired) electrons. The van der Waals surface area contributed by atoms with Crippen LogP contribution >= 0.6 is 46.7 Å². The lowest BCUT2D eigenvalue weighted by atomic mass is 10.2. The van der Waals surface area contributed by atoms with Crippen LogP contribution in [0.3, 0.4) is 0 Å². The third-order valence-electron chi connectivity index (χ3n) is 3.78. The van der Waals surface area contributed by atoms with Crippen LogP contribution in [0.15, 0.2) is 75.6 Å². The second-order valence-electron chi connectivity index (χ2n) is 5.51. The first-order valence-electron chi connectivity index (χ1n) is 7.75. The molecule has 2 aromatic carbocycles. The van der Waals surface area contributed by atoms with Gasteiger partial charge >= 0.3 is 0 Å². The molecular weight excluding hydrogens is 407 g/mol. The molecule has 4 rings (SSSR count). The summed E-state index contributed by atoms with van der Waals surface area (Å²) in [4.78, 5) is 21.1. The van der Waals surface area contributed by atoms with E-state index in [9.17, 15) is 4.79 Å². The molecule has 0 N–H and O–H groups in total. The predicted octanol–water partition coefficient (Wildman–Crippen LogP) is 6.31. The Morgan fingerprint density at radius 2 is 1.77 bits per heavy atom. The number of aromatic nitrogens is 1. The summed E-state index contributed by atoms with van der Waals surface area (Å²) in [6, 6.07) is 17.1. The van der Waals surface area contributed by atoms with Gasteiger partial charge in [-0.2, -0.15) is 0 Å². The smallest absolute Gasteiger partial charge is 0.242 e. The number of rotatable bonds is 3. The molecule has 7 heteroatoms. The van der Waals surface area contributed by atoms with E-state index >= 15 is 0 Å². The zero-order valence-corrected chi connectivity index (χ0v) is 16.5. The number of carbonyl (C=O) groups excluding carboxylic acids is 1. The third-order valence-corrected chi connectivity index (χ3v) is 6.30. The first kappa shape index (κ1) is 17.7. The molecule has 0 spiro atoms. The Kier molecular flexibility index (Phi) is 5.14. The fourth-order valence-electron chi connectivity index (χ4n) is 2.64. The van der Waals surface area contributed by atoms with Crippen molar-refractivity contribution in [2.45, 2.75) is 14.8 Å². The number of fused-ring (bicyclic) bond motifs is 2. The van der Waals surface area contributed by atoms with Crippen molar-refractivity contribution in [1.82, 2.24) is 4.98 Å². The van der Waals surface area contributed by atoms with Gasteiger partial charge in [-0.15, -0.1) is 0 Å². The number of nitrogens with zero attached hydrogens (tertiary/aromatic N) is 2. The van der Waals surface area contributed by atoms with E-state index in [4.69, 9.17) is 23.2 Å². The Bertz CT molecular complexity index is 980. The molecule has 1 amide bonds. The second kappa shape index (κ2) is 7.53. The molecule has 26 heavy (non-hydrogen) atoms. The summed E-state index contributed by atoms with van der Waals surface area (Å²) in [6.45, 7) is 0. The largest absolute Gasteiger partial charge is 0.278 e. The molecule has 0 bridgehead atoms. The number of hydrogen-bond acceptors (Lipinski definition) is 4. The van der Waals surface area contributed by atoms with E-state index in [-0.39, 0.29) is 11.7 Å². The average Bonchev–Trinajstić information content (AvgIpc) is 2.65. The second-order valence-corrected chi connectivity index (χ2v) is 8.47. The van der Waals surface area contributed by atoms with Crippen molar-refractivity contribution in [1.29, 1.82) is 0 Å². The quantitative estimate of drug-likeness (QED) is 0.466. The van der Waals surface area contributed by atoms with Crippen molar-refractivity contribution in [3.8, 4) is 0 Å². The van der Waals surface area contributed by atoms with Gasteiger partial charge in [0, 0.05) is 21.0 Å². The van der Waals surface area contributed by atoms with Gasteiger partial charge in [0.25, 0.3) is 0 Å². The van der Waals surface area contributed by atoms with Crippen molar-refractivity contribution >= 4 is 64.0 Å². The Hall–Kier alpha value is -1.66. The predicted molar refractivity (Wildman–Crippen MR) is 109 cm³/mol. The van der Waals surface area contributed by atoms with Crippen molar-refractivity contribution in [3.63, 3.8) is 0 Å². The molecule has 2 heterocycles. The molecule has 0 saturated carbocycles. The summed E-state index contributed by atoms with van der Waals surface area (Å²) >= 11 is 15.1. The van der Waals surface area contributed by atoms with Gasteiger partial charge in [0.1, 0.15) is 0 Å². The van der Waals surface area contributed by atoms with Crippen molar-refractivity contribution in [2.24, 2.45) is 0 Å². The highest BCUT2D eigenvalue weighted by atomic mass is 35.5. The van der Waals surface area contributed by atoms with E-state index < -0.39 is 0 Å². The third kappa shape index (κ3) is 3.58. The molecule has 0 atom stereocenters. The number of pyridine rings is 1. The lowest BCUT2D eigenvalue weighted by molar-refractivity contribution is -0.115. The topological polar surface area (TPSA) is 33.2 Å². The molecule has 0 unspecified atom stereocenters. The maximum atomic E-state index is 13.1. The Balaban J connectivity index is 1.65. The monoisotopic (exact) mass is 418 g/mol. The van der Waals surface area contributed by atoms with Crippen LogP contribution in [0.5, 0.6) is 0 Å². The number of hydrogen-bond donors (Lipinski definition) is 0. The van der Waals surface area contributed by atoms with Gasteiger partial charge in [0.15, 0.2) is 0 Å². The van der Waals surface area contributed by atoms with Crippen LogP contribution in [0, 0.1) is 0 Å². The molecule has 1 aliphatic heterocycles. The van der Waals surface area contributed by atoms with Crippen molar-refractivity contribution in [3.05, 3.63) is 70.8 Å². The van der Waals surface area contributed by atoms with Crippen LogP contribution in [0.25, 0.3) is 0 Å². The Morgan fingerprint density at radius 1 is 1.00 bits per heavy atom. The molecule has 130 valence electrons. The van der Waals surface area contributed by atoms with Gasteiger partial charge in [-0.1, -0.05) is 58.9 Å². The lowest BCUT2D eigenvalue weighted by Crippen LogP contribution is -2.30. The molecule has 1 aromatic heterocycles. The number of halogens is 2. The molecule has 0 saturated heterocycles. The lowest BCUT2D eigenvalue weighted by Gasteiger charge is -2.31. The van der Waals surface area contributed by atoms with Gasteiger partial charge < -0.3 is 0 Å². The average molecular weight is 419 g/mol. The van der Waals surface area contributed by atoms with E-state index in [2.05, 4.69) is 4.98 Å². The Labute approximate surface area is 169 Å². The molecule has 0 aliphatic carbocycles. The minimum absolute atomic E-state index is 0.0250. The Morgan fingerprint density at radius 3 is 2.58 bits per heavy atom. The van der Waals surface area contributed by atoms with E-state index in [0.29, 0.717) is 10.0 Å². The van der Waals surface area contributed by atoms with Crippen LogP contribution in [0.2, 0.25) is 10.0 Å². The number of anilines is 2. The molecule has 3 nitrogen and oxygen atoms in total. The number of amides is 1. The minimum atomic E-state index is -0.0250. The zero-order chi connectivity index (χ0) is 18.1. The van der Waals surface area contributed by atoms with E-state index in [0.717, 1.165) is 26.2 Å². The summed E-state index contributed by atoms with van der Waals surface area (Å²) in [5.41, 5.74) is 1.69. The van der Waals surface area contributed by atoms with E-state index in [1.165, 1.54) is 11.8 Å². The number of carbonyl (C=O) groups is 1. The molecule has 3 aromatic rings. The molecular formula is C19H12Cl2N2OS2. The number of para-hydroxylation sites is 1. The van der Waals surface area contributed by atoms with Crippen molar-refractivity contribution in [2.75, 3.05) is 10.7 Å².